The van der Waals surface area contributed by atoms with Crippen LogP contribution < -0.4 is 5.32 Å². The summed E-state index contributed by atoms with van der Waals surface area (Å²) in [5.41, 5.74) is 0.297. The molecular formula is C28H35F3N4O4S2. The summed E-state index contributed by atoms with van der Waals surface area (Å²) in [5.74, 6) is -1.24. The lowest BCUT2D eigenvalue weighted by molar-refractivity contribution is -0.141. The quantitative estimate of drug-likeness (QED) is 0.167. The molecule has 0 bridgehead atoms. The van der Waals surface area contributed by atoms with E-state index in [9.17, 15) is 26.4 Å². The Morgan fingerprint density at radius 1 is 1.15 bits per heavy atom. The highest BCUT2D eigenvalue weighted by Gasteiger charge is 2.38. The number of unbranched alkanes of at least 4 members (excludes halogenated alkanes) is 2. The maximum Gasteiger partial charge on any atom is 0.434 e. The van der Waals surface area contributed by atoms with E-state index >= 15 is 0 Å². The van der Waals surface area contributed by atoms with E-state index in [1.807, 2.05) is 38.3 Å². The van der Waals surface area contributed by atoms with Crippen LogP contribution in [-0.4, -0.2) is 48.2 Å². The van der Waals surface area contributed by atoms with Gasteiger partial charge in [0.05, 0.1) is 11.5 Å². The summed E-state index contributed by atoms with van der Waals surface area (Å²) in [6.07, 6.45) is 0.989. The van der Waals surface area contributed by atoms with E-state index in [2.05, 4.69) is 20.3 Å². The molecule has 0 amide bonds. The van der Waals surface area contributed by atoms with Crippen molar-refractivity contribution in [2.24, 2.45) is 5.92 Å². The summed E-state index contributed by atoms with van der Waals surface area (Å²) in [4.78, 5) is 24.2. The molecule has 2 heterocycles. The third-order valence-corrected chi connectivity index (χ3v) is 8.58. The van der Waals surface area contributed by atoms with Crippen LogP contribution in [0.15, 0.2) is 34.7 Å². The van der Waals surface area contributed by atoms with E-state index in [0.29, 0.717) is 23.4 Å². The van der Waals surface area contributed by atoms with Crippen molar-refractivity contribution >= 4 is 33.1 Å². The van der Waals surface area contributed by atoms with Crippen LogP contribution in [0.1, 0.15) is 73.8 Å². The van der Waals surface area contributed by atoms with Gasteiger partial charge in [-0.25, -0.2) is 28.2 Å². The molecule has 1 N–H and O–H groups in total. The van der Waals surface area contributed by atoms with E-state index in [-0.39, 0.29) is 29.4 Å². The average Bonchev–Trinajstić information content (AvgIpc) is 3.32. The number of esters is 1. The third kappa shape index (κ3) is 8.96. The number of sulfone groups is 1. The maximum absolute atomic E-state index is 13.6. The van der Waals surface area contributed by atoms with Gasteiger partial charge in [0.2, 0.25) is 5.95 Å². The van der Waals surface area contributed by atoms with Gasteiger partial charge in [-0.1, -0.05) is 38.8 Å². The van der Waals surface area contributed by atoms with Crippen molar-refractivity contribution < 1.29 is 31.1 Å². The molecular weight excluding hydrogens is 577 g/mol. The number of anilines is 1. The molecule has 224 valence electrons. The number of carbonyl (C=O) groups excluding carboxylic acids is 1. The minimum atomic E-state index is -4.84. The predicted molar refractivity (Wildman–Crippen MR) is 153 cm³/mol. The van der Waals surface area contributed by atoms with Crippen molar-refractivity contribution in [2.75, 3.05) is 18.2 Å². The SMILES string of the molecule is CCOC(=O)c1cnc(N[C@@H](CCCCCc2ccc(-c3nc(C)cs3)c(S(C)(=O)=O)c2)C(C)C)nc1C(F)(F)F. The fraction of sp³-hybridized carbons (Fsp3) is 0.500. The Bertz CT molecular complexity index is 1460. The first kappa shape index (κ1) is 32.5. The van der Waals surface area contributed by atoms with Crippen molar-refractivity contribution in [1.29, 1.82) is 0 Å². The summed E-state index contributed by atoms with van der Waals surface area (Å²) >= 11 is 1.41. The van der Waals surface area contributed by atoms with Crippen LogP contribution in [0.3, 0.4) is 0 Å². The molecule has 1 atom stereocenters. The van der Waals surface area contributed by atoms with E-state index in [1.165, 1.54) is 24.5 Å². The molecule has 0 saturated carbocycles. The third-order valence-electron chi connectivity index (χ3n) is 6.45. The van der Waals surface area contributed by atoms with Crippen LogP contribution in [0.25, 0.3) is 10.6 Å². The minimum Gasteiger partial charge on any atom is -0.462 e. The number of hydrogen-bond donors (Lipinski definition) is 1. The summed E-state index contributed by atoms with van der Waals surface area (Å²) in [7, 11) is -3.45. The van der Waals surface area contributed by atoms with Gasteiger partial charge in [0, 0.05) is 35.1 Å². The molecule has 0 saturated heterocycles. The van der Waals surface area contributed by atoms with E-state index < -0.39 is 33.2 Å². The number of rotatable bonds is 13. The molecule has 0 fully saturated rings. The molecule has 0 aliphatic carbocycles. The number of halogens is 3. The number of aryl methyl sites for hydroxylation is 2. The predicted octanol–water partition coefficient (Wildman–Crippen LogP) is 6.75. The van der Waals surface area contributed by atoms with Crippen molar-refractivity contribution in [3.63, 3.8) is 0 Å². The molecule has 0 spiro atoms. The fourth-order valence-electron chi connectivity index (χ4n) is 4.32. The number of aromatic nitrogens is 3. The van der Waals surface area contributed by atoms with Gasteiger partial charge in [-0.15, -0.1) is 11.3 Å². The standard InChI is InChI=1S/C28H35F3N4O4S2/c1-6-39-26(36)21-15-32-27(35-24(21)28(29,30)31)34-22(17(2)3)11-9-7-8-10-19-12-13-20(23(14-19)41(5,37)38)25-33-18(4)16-40-25/h12-17,22H,6-11H2,1-5H3,(H,32,34,35)/t22-/m0/s1. The van der Waals surface area contributed by atoms with E-state index in [0.717, 1.165) is 36.7 Å². The monoisotopic (exact) mass is 612 g/mol. The topological polar surface area (TPSA) is 111 Å². The lowest BCUT2D eigenvalue weighted by atomic mass is 9.97. The highest BCUT2D eigenvalue weighted by molar-refractivity contribution is 7.90. The fourth-order valence-corrected chi connectivity index (χ4v) is 6.15. The molecule has 13 heteroatoms. The molecule has 0 radical (unpaired) electrons. The Morgan fingerprint density at radius 2 is 1.88 bits per heavy atom. The molecule has 0 aliphatic rings. The zero-order valence-electron chi connectivity index (χ0n) is 23.7. The molecule has 2 aromatic heterocycles. The molecule has 8 nitrogen and oxygen atoms in total. The average molecular weight is 613 g/mol. The zero-order valence-corrected chi connectivity index (χ0v) is 25.3. The number of benzene rings is 1. The summed E-state index contributed by atoms with van der Waals surface area (Å²) < 4.78 is 70.4. The molecule has 0 unspecified atom stereocenters. The Hall–Kier alpha value is -3.06. The summed E-state index contributed by atoms with van der Waals surface area (Å²) in [5, 5.41) is 5.55. The van der Waals surface area contributed by atoms with Gasteiger partial charge < -0.3 is 10.1 Å². The Morgan fingerprint density at radius 3 is 2.46 bits per heavy atom. The normalized spacial score (nSPS) is 12.9. The lowest BCUT2D eigenvalue weighted by Gasteiger charge is -2.23. The van der Waals surface area contributed by atoms with E-state index in [1.54, 1.807) is 6.07 Å². The van der Waals surface area contributed by atoms with Crippen molar-refractivity contribution in [2.45, 2.75) is 76.9 Å². The minimum absolute atomic E-state index is 0.0674. The van der Waals surface area contributed by atoms with Gasteiger partial charge in [-0.05, 0) is 50.7 Å². The number of hydrogen-bond acceptors (Lipinski definition) is 9. The maximum atomic E-state index is 13.6. The first-order valence-corrected chi connectivity index (χ1v) is 16.1. The number of alkyl halides is 3. The van der Waals surface area contributed by atoms with E-state index in [4.69, 9.17) is 4.74 Å². The smallest absolute Gasteiger partial charge is 0.434 e. The summed E-state index contributed by atoms with van der Waals surface area (Å²) in [6.45, 7) is 7.20. The lowest BCUT2D eigenvalue weighted by Crippen LogP contribution is -2.28. The Kier molecular flexibility index (Phi) is 10.9. The van der Waals surface area contributed by atoms with Crippen LogP contribution in [-0.2, 0) is 27.2 Å². The number of nitrogens with one attached hydrogen (secondary N) is 1. The van der Waals surface area contributed by atoms with Gasteiger partial charge in [0.25, 0.3) is 0 Å². The van der Waals surface area contributed by atoms with Crippen LogP contribution >= 0.6 is 11.3 Å². The number of thiazole rings is 1. The van der Waals surface area contributed by atoms with Crippen LogP contribution in [0.4, 0.5) is 19.1 Å². The van der Waals surface area contributed by atoms with Crippen molar-refractivity contribution in [3.05, 3.63) is 52.3 Å². The zero-order chi connectivity index (χ0) is 30.4. The van der Waals surface area contributed by atoms with Gasteiger partial charge in [0.15, 0.2) is 15.5 Å². The van der Waals surface area contributed by atoms with Crippen LogP contribution in [0, 0.1) is 12.8 Å². The Labute approximate surface area is 242 Å². The first-order valence-electron chi connectivity index (χ1n) is 13.3. The van der Waals surface area contributed by atoms with Gasteiger partial charge in [0.1, 0.15) is 10.6 Å². The highest BCUT2D eigenvalue weighted by Crippen LogP contribution is 2.33. The first-order chi connectivity index (χ1) is 19.2. The molecule has 41 heavy (non-hydrogen) atoms. The molecule has 0 aliphatic heterocycles. The second kappa shape index (κ2) is 13.7. The number of nitrogens with zero attached hydrogens (tertiary/aromatic N) is 3. The highest BCUT2D eigenvalue weighted by atomic mass is 32.2. The molecule has 3 aromatic rings. The number of carbonyl (C=O) groups is 1. The Balaban J connectivity index is 1.62. The van der Waals surface area contributed by atoms with Crippen LogP contribution in [0.2, 0.25) is 0 Å². The van der Waals surface area contributed by atoms with Gasteiger partial charge in [-0.2, -0.15) is 13.2 Å². The summed E-state index contributed by atoms with van der Waals surface area (Å²) in [6, 6.07) is 5.26. The molecule has 1 aromatic carbocycles. The largest absolute Gasteiger partial charge is 0.462 e. The van der Waals surface area contributed by atoms with Gasteiger partial charge in [-0.3, -0.25) is 0 Å². The molecule has 3 rings (SSSR count). The number of ether oxygens (including phenoxy) is 1. The second-order valence-corrected chi connectivity index (χ2v) is 13.0. The van der Waals surface area contributed by atoms with Gasteiger partial charge >= 0.3 is 12.1 Å². The van der Waals surface area contributed by atoms with Crippen molar-refractivity contribution in [3.8, 4) is 10.6 Å². The second-order valence-electron chi connectivity index (χ2n) is 10.2. The van der Waals surface area contributed by atoms with Crippen molar-refractivity contribution in [1.82, 2.24) is 15.0 Å². The van der Waals surface area contributed by atoms with Crippen LogP contribution in [0.5, 0.6) is 0 Å².